The van der Waals surface area contributed by atoms with Gasteiger partial charge >= 0.3 is 5.97 Å². The molecule has 0 heterocycles. The minimum absolute atomic E-state index is 0.0912. The molecule has 1 aromatic rings. The Morgan fingerprint density at radius 2 is 2.17 bits per heavy atom. The minimum Gasteiger partial charge on any atom is -0.493 e. The SMILES string of the molecule is COc1c(C(CC(=O)O)C2CC2)ccc(F)c1F. The highest BCUT2D eigenvalue weighted by molar-refractivity contribution is 5.68. The van der Waals surface area contributed by atoms with Gasteiger partial charge in [-0.1, -0.05) is 6.07 Å². The van der Waals surface area contributed by atoms with E-state index >= 15 is 0 Å². The number of aliphatic carboxylic acids is 1. The molecular weight excluding hydrogens is 242 g/mol. The normalized spacial score (nSPS) is 16.4. The summed E-state index contributed by atoms with van der Waals surface area (Å²) in [6.07, 6.45) is 1.74. The van der Waals surface area contributed by atoms with Crippen LogP contribution in [0.3, 0.4) is 0 Å². The summed E-state index contributed by atoms with van der Waals surface area (Å²) in [5.74, 6) is -3.24. The van der Waals surface area contributed by atoms with E-state index in [9.17, 15) is 13.6 Å². The highest BCUT2D eigenvalue weighted by Crippen LogP contribution is 2.47. The molecule has 1 aliphatic rings. The van der Waals surface area contributed by atoms with Gasteiger partial charge in [-0.2, -0.15) is 4.39 Å². The fourth-order valence-corrected chi connectivity index (χ4v) is 2.26. The van der Waals surface area contributed by atoms with Crippen LogP contribution in [0.4, 0.5) is 8.78 Å². The average Bonchev–Trinajstić information content (AvgIpc) is 3.13. The maximum absolute atomic E-state index is 13.6. The molecule has 0 amide bonds. The molecule has 1 N–H and O–H groups in total. The Kier molecular flexibility index (Phi) is 3.50. The zero-order valence-corrected chi connectivity index (χ0v) is 9.95. The standard InChI is InChI=1S/C13H14F2O3/c1-18-13-8(4-5-10(14)12(13)15)9(6-11(16)17)7-2-3-7/h4-5,7,9H,2-3,6H2,1H3,(H,16,17). The predicted molar refractivity (Wildman–Crippen MR) is 60.6 cm³/mol. The maximum atomic E-state index is 13.6. The molecule has 0 aromatic heterocycles. The number of hydrogen-bond donors (Lipinski definition) is 1. The van der Waals surface area contributed by atoms with Gasteiger partial charge in [0, 0.05) is 11.5 Å². The van der Waals surface area contributed by atoms with Crippen molar-refractivity contribution in [3.8, 4) is 5.75 Å². The smallest absolute Gasteiger partial charge is 0.303 e. The minimum atomic E-state index is -1.05. The van der Waals surface area contributed by atoms with Gasteiger partial charge in [0.2, 0.25) is 5.82 Å². The summed E-state index contributed by atoms with van der Waals surface area (Å²) < 4.78 is 31.6. The van der Waals surface area contributed by atoms with E-state index in [0.717, 1.165) is 18.9 Å². The summed E-state index contributed by atoms with van der Waals surface area (Å²) in [6, 6.07) is 2.44. The molecule has 2 rings (SSSR count). The van der Waals surface area contributed by atoms with Gasteiger partial charge in [-0.3, -0.25) is 4.79 Å². The van der Waals surface area contributed by atoms with Gasteiger partial charge in [0.05, 0.1) is 13.5 Å². The van der Waals surface area contributed by atoms with Crippen molar-refractivity contribution in [2.75, 3.05) is 7.11 Å². The number of benzene rings is 1. The summed E-state index contributed by atoms with van der Waals surface area (Å²) >= 11 is 0. The molecule has 5 heteroatoms. The first-order chi connectivity index (χ1) is 8.54. The molecule has 1 aliphatic carbocycles. The van der Waals surface area contributed by atoms with Crippen molar-refractivity contribution in [2.45, 2.75) is 25.2 Å². The molecule has 1 atom stereocenters. The van der Waals surface area contributed by atoms with Gasteiger partial charge in [0.15, 0.2) is 11.6 Å². The Morgan fingerprint density at radius 1 is 1.50 bits per heavy atom. The van der Waals surface area contributed by atoms with E-state index < -0.39 is 17.6 Å². The summed E-state index contributed by atoms with van der Waals surface area (Å²) in [6.45, 7) is 0. The van der Waals surface area contributed by atoms with Crippen molar-refractivity contribution in [1.29, 1.82) is 0 Å². The topological polar surface area (TPSA) is 46.5 Å². The third-order valence-electron chi connectivity index (χ3n) is 3.27. The van der Waals surface area contributed by atoms with E-state index in [2.05, 4.69) is 0 Å². The summed E-state index contributed by atoms with van der Waals surface area (Å²) in [7, 11) is 1.26. The van der Waals surface area contributed by atoms with Gasteiger partial charge in [0.1, 0.15) is 0 Å². The third kappa shape index (κ3) is 2.44. The molecule has 1 saturated carbocycles. The highest BCUT2D eigenvalue weighted by Gasteiger charge is 2.36. The Labute approximate surface area is 103 Å². The fraction of sp³-hybridized carbons (Fsp3) is 0.462. The Bertz CT molecular complexity index is 470. The number of hydrogen-bond acceptors (Lipinski definition) is 2. The summed E-state index contributed by atoms with van der Waals surface area (Å²) in [5, 5.41) is 8.90. The van der Waals surface area contributed by atoms with E-state index in [1.807, 2.05) is 0 Å². The predicted octanol–water partition coefficient (Wildman–Crippen LogP) is 2.94. The molecule has 0 spiro atoms. The molecule has 1 aromatic carbocycles. The first-order valence-corrected chi connectivity index (χ1v) is 5.78. The van der Waals surface area contributed by atoms with Crippen LogP contribution in [0.2, 0.25) is 0 Å². The second-order valence-corrected chi connectivity index (χ2v) is 4.53. The van der Waals surface area contributed by atoms with Crippen molar-refractivity contribution in [3.05, 3.63) is 29.3 Å². The Morgan fingerprint density at radius 3 is 2.67 bits per heavy atom. The van der Waals surface area contributed by atoms with Crippen LogP contribution in [0.5, 0.6) is 5.75 Å². The van der Waals surface area contributed by atoms with E-state index in [1.165, 1.54) is 13.2 Å². The zero-order valence-electron chi connectivity index (χ0n) is 9.95. The van der Waals surface area contributed by atoms with Crippen molar-refractivity contribution < 1.29 is 23.4 Å². The van der Waals surface area contributed by atoms with Gasteiger partial charge in [-0.05, 0) is 24.8 Å². The number of carboxylic acid groups (broad SMARTS) is 1. The molecule has 18 heavy (non-hydrogen) atoms. The number of carbonyl (C=O) groups is 1. The van der Waals surface area contributed by atoms with Crippen molar-refractivity contribution >= 4 is 5.97 Å². The molecule has 1 unspecified atom stereocenters. The lowest BCUT2D eigenvalue weighted by molar-refractivity contribution is -0.137. The van der Waals surface area contributed by atoms with Crippen molar-refractivity contribution in [3.63, 3.8) is 0 Å². The maximum Gasteiger partial charge on any atom is 0.303 e. The second kappa shape index (κ2) is 4.92. The first kappa shape index (κ1) is 12.8. The van der Waals surface area contributed by atoms with Crippen LogP contribution in [0.25, 0.3) is 0 Å². The van der Waals surface area contributed by atoms with Crippen LogP contribution in [0, 0.1) is 17.6 Å². The van der Waals surface area contributed by atoms with Crippen LogP contribution in [-0.4, -0.2) is 18.2 Å². The van der Waals surface area contributed by atoms with Crippen molar-refractivity contribution in [1.82, 2.24) is 0 Å². The van der Waals surface area contributed by atoms with Crippen LogP contribution in [0.15, 0.2) is 12.1 Å². The zero-order chi connectivity index (χ0) is 13.3. The lowest BCUT2D eigenvalue weighted by Crippen LogP contribution is -2.11. The lowest BCUT2D eigenvalue weighted by Gasteiger charge is -2.18. The van der Waals surface area contributed by atoms with Gasteiger partial charge in [0.25, 0.3) is 0 Å². The number of rotatable bonds is 5. The second-order valence-electron chi connectivity index (χ2n) is 4.53. The van der Waals surface area contributed by atoms with Crippen LogP contribution in [-0.2, 0) is 4.79 Å². The van der Waals surface area contributed by atoms with E-state index in [-0.39, 0.29) is 24.0 Å². The average molecular weight is 256 g/mol. The molecule has 0 saturated heterocycles. The lowest BCUT2D eigenvalue weighted by atomic mass is 9.90. The van der Waals surface area contributed by atoms with E-state index in [1.54, 1.807) is 0 Å². The highest BCUT2D eigenvalue weighted by atomic mass is 19.2. The van der Waals surface area contributed by atoms with Gasteiger partial charge in [-0.15, -0.1) is 0 Å². The van der Waals surface area contributed by atoms with Crippen LogP contribution >= 0.6 is 0 Å². The number of halogens is 2. The molecule has 0 aliphatic heterocycles. The first-order valence-electron chi connectivity index (χ1n) is 5.78. The number of carboxylic acids is 1. The number of methoxy groups -OCH3 is 1. The fourth-order valence-electron chi connectivity index (χ4n) is 2.26. The quantitative estimate of drug-likeness (QED) is 0.881. The molecule has 1 fully saturated rings. The van der Waals surface area contributed by atoms with E-state index in [0.29, 0.717) is 5.56 Å². The molecule has 3 nitrogen and oxygen atoms in total. The van der Waals surface area contributed by atoms with Crippen LogP contribution < -0.4 is 4.74 Å². The third-order valence-corrected chi connectivity index (χ3v) is 3.27. The monoisotopic (exact) mass is 256 g/mol. The summed E-state index contributed by atoms with van der Waals surface area (Å²) in [5.41, 5.74) is 0.446. The molecule has 0 radical (unpaired) electrons. The molecule has 98 valence electrons. The van der Waals surface area contributed by atoms with Gasteiger partial charge < -0.3 is 9.84 Å². The van der Waals surface area contributed by atoms with Gasteiger partial charge in [-0.25, -0.2) is 4.39 Å². The van der Waals surface area contributed by atoms with E-state index in [4.69, 9.17) is 9.84 Å². The number of ether oxygens (including phenoxy) is 1. The summed E-state index contributed by atoms with van der Waals surface area (Å²) in [4.78, 5) is 10.9. The molecular formula is C13H14F2O3. The molecule has 0 bridgehead atoms. The van der Waals surface area contributed by atoms with Crippen LogP contribution in [0.1, 0.15) is 30.7 Å². The largest absolute Gasteiger partial charge is 0.493 e. The Balaban J connectivity index is 2.40. The Hall–Kier alpha value is -1.65. The van der Waals surface area contributed by atoms with Crippen molar-refractivity contribution in [2.24, 2.45) is 5.92 Å².